The third kappa shape index (κ3) is 4.76. The summed E-state index contributed by atoms with van der Waals surface area (Å²) in [6.45, 7) is 6.70. The molecular formula is C22H27N5O4. The minimum atomic E-state index is -0.335. The van der Waals surface area contributed by atoms with Crippen molar-refractivity contribution in [3.8, 4) is 5.75 Å². The Hall–Kier alpha value is -3.62. The van der Waals surface area contributed by atoms with E-state index in [4.69, 9.17) is 4.74 Å². The molecule has 0 fully saturated rings. The van der Waals surface area contributed by atoms with Crippen molar-refractivity contribution in [1.82, 2.24) is 14.1 Å². The zero-order valence-corrected chi connectivity index (χ0v) is 18.2. The fraction of sp³-hybridized carbons (Fsp3) is 0.364. The van der Waals surface area contributed by atoms with Gasteiger partial charge in [-0.15, -0.1) is 0 Å². The largest absolute Gasteiger partial charge is 0.495 e. The Morgan fingerprint density at radius 3 is 2.32 bits per heavy atom. The SMILES string of the molecule is CCn1c(=O)n(CC)c2nc(NC(=O)CCC(=O)Nc3cc(C)ccc3OC)ccc21. The molecule has 0 aliphatic heterocycles. The van der Waals surface area contributed by atoms with Gasteiger partial charge in [0.2, 0.25) is 11.8 Å². The van der Waals surface area contributed by atoms with Gasteiger partial charge in [-0.2, -0.15) is 0 Å². The molecule has 0 aliphatic rings. The summed E-state index contributed by atoms with van der Waals surface area (Å²) in [7, 11) is 1.53. The number of hydrogen-bond acceptors (Lipinski definition) is 5. The summed E-state index contributed by atoms with van der Waals surface area (Å²) < 4.78 is 8.46. The van der Waals surface area contributed by atoms with Gasteiger partial charge in [0.15, 0.2) is 5.65 Å². The first-order valence-corrected chi connectivity index (χ1v) is 10.2. The second kappa shape index (κ2) is 9.46. The maximum absolute atomic E-state index is 12.4. The normalized spacial score (nSPS) is 10.8. The lowest BCUT2D eigenvalue weighted by Gasteiger charge is -2.11. The second-order valence-electron chi connectivity index (χ2n) is 7.11. The molecule has 3 rings (SSSR count). The fourth-order valence-electron chi connectivity index (χ4n) is 3.41. The van der Waals surface area contributed by atoms with Gasteiger partial charge in [0.1, 0.15) is 11.6 Å². The number of nitrogens with zero attached hydrogens (tertiary/aromatic N) is 3. The fourth-order valence-corrected chi connectivity index (χ4v) is 3.41. The van der Waals surface area contributed by atoms with Crippen LogP contribution < -0.4 is 21.1 Å². The van der Waals surface area contributed by atoms with Gasteiger partial charge in [-0.1, -0.05) is 6.07 Å². The number of aryl methyl sites for hydroxylation is 3. The zero-order chi connectivity index (χ0) is 22.5. The Balaban J connectivity index is 1.64. The molecule has 0 spiro atoms. The first-order chi connectivity index (χ1) is 14.9. The standard InChI is InChI=1S/C22H27N5O4/c1-5-26-16-8-10-18(25-21(16)27(6-2)22(26)30)24-20(29)12-11-19(28)23-15-13-14(3)7-9-17(15)31-4/h7-10,13H,5-6,11-12H2,1-4H3,(H,23,28)(H,24,25,29). The minimum absolute atomic E-state index is 0.00373. The average Bonchev–Trinajstić information content (AvgIpc) is 3.02. The van der Waals surface area contributed by atoms with Crippen molar-refractivity contribution in [2.75, 3.05) is 17.7 Å². The summed E-state index contributed by atoms with van der Waals surface area (Å²) in [5, 5.41) is 5.48. The molecule has 2 N–H and O–H groups in total. The van der Waals surface area contributed by atoms with Gasteiger partial charge in [0.25, 0.3) is 0 Å². The Morgan fingerprint density at radius 2 is 1.68 bits per heavy atom. The number of ether oxygens (including phenoxy) is 1. The van der Waals surface area contributed by atoms with Crippen LogP contribution in [0.1, 0.15) is 32.3 Å². The Morgan fingerprint density at radius 1 is 1.00 bits per heavy atom. The van der Waals surface area contributed by atoms with Gasteiger partial charge in [0, 0.05) is 25.9 Å². The molecule has 2 heterocycles. The van der Waals surface area contributed by atoms with Crippen molar-refractivity contribution in [3.63, 3.8) is 0 Å². The van der Waals surface area contributed by atoms with E-state index in [1.54, 1.807) is 27.3 Å². The third-order valence-electron chi connectivity index (χ3n) is 4.97. The third-order valence-corrected chi connectivity index (χ3v) is 4.97. The van der Waals surface area contributed by atoms with E-state index in [2.05, 4.69) is 15.6 Å². The monoisotopic (exact) mass is 425 g/mol. The van der Waals surface area contributed by atoms with Crippen molar-refractivity contribution in [3.05, 3.63) is 46.4 Å². The zero-order valence-electron chi connectivity index (χ0n) is 18.2. The van der Waals surface area contributed by atoms with Crippen molar-refractivity contribution in [2.45, 2.75) is 46.7 Å². The smallest absolute Gasteiger partial charge is 0.330 e. The van der Waals surface area contributed by atoms with E-state index in [1.165, 1.54) is 7.11 Å². The number of benzene rings is 1. The number of aromatic nitrogens is 3. The van der Waals surface area contributed by atoms with E-state index in [0.29, 0.717) is 36.0 Å². The molecule has 9 nitrogen and oxygen atoms in total. The highest BCUT2D eigenvalue weighted by molar-refractivity contribution is 5.97. The number of carbonyl (C=O) groups is 2. The molecule has 0 radical (unpaired) electrons. The van der Waals surface area contributed by atoms with Crippen LogP contribution in [0, 0.1) is 6.92 Å². The Labute approximate surface area is 180 Å². The lowest BCUT2D eigenvalue weighted by molar-refractivity contribution is -0.121. The van der Waals surface area contributed by atoms with Crippen molar-refractivity contribution >= 4 is 34.5 Å². The van der Waals surface area contributed by atoms with Gasteiger partial charge in [-0.05, 0) is 50.6 Å². The second-order valence-corrected chi connectivity index (χ2v) is 7.11. The number of carbonyl (C=O) groups excluding carboxylic acids is 2. The van der Waals surface area contributed by atoms with Gasteiger partial charge < -0.3 is 15.4 Å². The van der Waals surface area contributed by atoms with E-state index >= 15 is 0 Å². The van der Waals surface area contributed by atoms with Gasteiger partial charge in [-0.3, -0.25) is 18.7 Å². The lowest BCUT2D eigenvalue weighted by atomic mass is 10.2. The molecule has 164 valence electrons. The summed E-state index contributed by atoms with van der Waals surface area (Å²) in [4.78, 5) is 41.5. The molecule has 2 amide bonds. The first kappa shape index (κ1) is 22.1. The molecule has 0 saturated carbocycles. The van der Waals surface area contributed by atoms with Crippen LogP contribution in [0.4, 0.5) is 11.5 Å². The quantitative estimate of drug-likeness (QED) is 0.577. The predicted octanol–water partition coefficient (Wildman–Crippen LogP) is 2.91. The number of nitrogens with one attached hydrogen (secondary N) is 2. The van der Waals surface area contributed by atoms with Crippen molar-refractivity contribution < 1.29 is 14.3 Å². The molecule has 9 heteroatoms. The van der Waals surface area contributed by atoms with E-state index in [0.717, 1.165) is 11.1 Å². The molecule has 2 aromatic heterocycles. The van der Waals surface area contributed by atoms with Crippen LogP contribution >= 0.6 is 0 Å². The van der Waals surface area contributed by atoms with Crippen LogP contribution in [0.15, 0.2) is 35.1 Å². The molecule has 0 bridgehead atoms. The summed E-state index contributed by atoms with van der Waals surface area (Å²) >= 11 is 0. The van der Waals surface area contributed by atoms with Crippen LogP contribution in [0.5, 0.6) is 5.75 Å². The highest BCUT2D eigenvalue weighted by Gasteiger charge is 2.15. The minimum Gasteiger partial charge on any atom is -0.495 e. The van der Waals surface area contributed by atoms with Crippen molar-refractivity contribution in [2.24, 2.45) is 0 Å². The van der Waals surface area contributed by atoms with Gasteiger partial charge >= 0.3 is 5.69 Å². The predicted molar refractivity (Wildman–Crippen MR) is 120 cm³/mol. The van der Waals surface area contributed by atoms with Gasteiger partial charge in [-0.25, -0.2) is 9.78 Å². The van der Waals surface area contributed by atoms with E-state index in [-0.39, 0.29) is 30.3 Å². The number of amides is 2. The van der Waals surface area contributed by atoms with E-state index < -0.39 is 0 Å². The van der Waals surface area contributed by atoms with Crippen LogP contribution in [-0.2, 0) is 22.7 Å². The topological polar surface area (TPSA) is 107 Å². The number of rotatable bonds is 8. The number of imidazole rings is 1. The number of fused-ring (bicyclic) bond motifs is 1. The van der Waals surface area contributed by atoms with Gasteiger partial charge in [0.05, 0.1) is 18.3 Å². The van der Waals surface area contributed by atoms with E-state index in [9.17, 15) is 14.4 Å². The number of methoxy groups -OCH3 is 1. The molecule has 1 aromatic carbocycles. The maximum Gasteiger partial charge on any atom is 0.330 e. The molecule has 3 aromatic rings. The van der Waals surface area contributed by atoms with Crippen molar-refractivity contribution in [1.29, 1.82) is 0 Å². The number of pyridine rings is 1. The van der Waals surface area contributed by atoms with Crippen LogP contribution in [0.25, 0.3) is 11.2 Å². The highest BCUT2D eigenvalue weighted by atomic mass is 16.5. The Bertz CT molecular complexity index is 1180. The molecule has 0 atom stereocenters. The molecule has 0 unspecified atom stereocenters. The van der Waals surface area contributed by atoms with Crippen LogP contribution in [0.2, 0.25) is 0 Å². The maximum atomic E-state index is 12.4. The lowest BCUT2D eigenvalue weighted by Crippen LogP contribution is -2.23. The summed E-state index contributed by atoms with van der Waals surface area (Å²) in [6, 6.07) is 8.90. The summed E-state index contributed by atoms with van der Waals surface area (Å²) in [5.74, 6) is 0.274. The summed E-state index contributed by atoms with van der Waals surface area (Å²) in [6.07, 6.45) is 0.00723. The summed E-state index contributed by atoms with van der Waals surface area (Å²) in [5.41, 5.74) is 2.67. The van der Waals surface area contributed by atoms with Crippen LogP contribution in [0.3, 0.4) is 0 Å². The average molecular weight is 425 g/mol. The van der Waals surface area contributed by atoms with E-state index in [1.807, 2.05) is 32.9 Å². The molecule has 0 saturated heterocycles. The molecule has 31 heavy (non-hydrogen) atoms. The first-order valence-electron chi connectivity index (χ1n) is 10.2. The highest BCUT2D eigenvalue weighted by Crippen LogP contribution is 2.25. The number of hydrogen-bond donors (Lipinski definition) is 2. The van der Waals surface area contributed by atoms with Crippen LogP contribution in [-0.4, -0.2) is 33.0 Å². The molecule has 0 aliphatic carbocycles. The Kier molecular flexibility index (Phi) is 6.74. The molecular weight excluding hydrogens is 398 g/mol. The number of anilines is 2.